The topological polar surface area (TPSA) is 105 Å². The third-order valence-electron chi connectivity index (χ3n) is 4.52. The largest absolute Gasteiger partial charge is 0.421 e. The normalized spacial score (nSPS) is 15.0. The summed E-state index contributed by atoms with van der Waals surface area (Å²) in [6.07, 6.45) is 1.75. The highest BCUT2D eigenvalue weighted by Crippen LogP contribution is 2.32. The average molecular weight is 473 g/mol. The number of carbonyl (C=O) groups excluding carboxylic acids is 3. The molecule has 1 aliphatic rings. The highest BCUT2D eigenvalue weighted by atomic mass is 32.2. The van der Waals surface area contributed by atoms with Gasteiger partial charge in [-0.15, -0.1) is 10.2 Å². The summed E-state index contributed by atoms with van der Waals surface area (Å²) < 4.78 is 19.3. The van der Waals surface area contributed by atoms with Gasteiger partial charge in [-0.25, -0.2) is 4.39 Å². The molecule has 164 valence electrons. The van der Waals surface area contributed by atoms with Gasteiger partial charge in [0.15, 0.2) is 0 Å². The van der Waals surface area contributed by atoms with Crippen LogP contribution < -0.4 is 5.32 Å². The van der Waals surface area contributed by atoms with E-state index in [0.29, 0.717) is 11.8 Å². The minimum Gasteiger partial charge on any atom is -0.421 e. The first-order valence-electron chi connectivity index (χ1n) is 9.63. The number of thiophene rings is 1. The van der Waals surface area contributed by atoms with Crippen molar-refractivity contribution >= 4 is 46.2 Å². The van der Waals surface area contributed by atoms with Gasteiger partial charge in [0.25, 0.3) is 11.1 Å². The van der Waals surface area contributed by atoms with Gasteiger partial charge in [0.2, 0.25) is 17.7 Å². The summed E-state index contributed by atoms with van der Waals surface area (Å²) in [5.74, 6) is -0.497. The number of imide groups is 1. The molecule has 0 atom stereocenters. The molecule has 0 radical (unpaired) electrons. The van der Waals surface area contributed by atoms with Crippen molar-refractivity contribution in [3.05, 3.63) is 63.3 Å². The molecule has 0 bridgehead atoms. The quantitative estimate of drug-likeness (QED) is 0.498. The molecule has 1 aliphatic heterocycles. The molecule has 1 N–H and O–H groups in total. The van der Waals surface area contributed by atoms with Crippen molar-refractivity contribution in [2.45, 2.75) is 12.8 Å². The van der Waals surface area contributed by atoms with E-state index in [1.54, 1.807) is 12.1 Å². The number of halogens is 1. The Balaban J connectivity index is 1.24. The second kappa shape index (κ2) is 9.88. The number of carbonyl (C=O) groups is 3. The SMILES string of the molecule is O=C(CCc1nnc(-c2ccsc2)o1)NCCN1C(=O)S/C(=C\c2ccccc2F)C1=O. The Hall–Kier alpha value is -3.31. The van der Waals surface area contributed by atoms with Crippen LogP contribution in [0.25, 0.3) is 17.5 Å². The van der Waals surface area contributed by atoms with Crippen LogP contribution in [0.5, 0.6) is 0 Å². The van der Waals surface area contributed by atoms with E-state index in [1.165, 1.54) is 29.5 Å². The standard InChI is InChI=1S/C21H17FN4O4S2/c22-15-4-2-1-3-13(15)11-16-20(28)26(21(29)32-16)9-8-23-17(27)5-6-18-24-25-19(30-18)14-7-10-31-12-14/h1-4,7,10-12H,5-6,8-9H2,(H,23,27)/b16-11-. The maximum Gasteiger partial charge on any atom is 0.293 e. The van der Waals surface area contributed by atoms with Crippen LogP contribution in [0, 0.1) is 5.82 Å². The molecule has 3 amide bonds. The van der Waals surface area contributed by atoms with Crippen LogP contribution in [-0.4, -0.2) is 45.2 Å². The number of rotatable bonds is 8. The Labute approximate surface area is 190 Å². The van der Waals surface area contributed by atoms with Gasteiger partial charge in [-0.3, -0.25) is 19.3 Å². The molecule has 2 aromatic heterocycles. The van der Waals surface area contributed by atoms with Crippen LogP contribution in [0.2, 0.25) is 0 Å². The van der Waals surface area contributed by atoms with Crippen molar-refractivity contribution < 1.29 is 23.2 Å². The monoisotopic (exact) mass is 472 g/mol. The summed E-state index contributed by atoms with van der Waals surface area (Å²) in [5, 5.41) is 13.9. The number of amides is 3. The van der Waals surface area contributed by atoms with E-state index in [1.807, 2.05) is 16.8 Å². The van der Waals surface area contributed by atoms with Crippen LogP contribution in [0.4, 0.5) is 9.18 Å². The number of nitrogens with zero attached hydrogens (tertiary/aromatic N) is 3. The first-order valence-corrected chi connectivity index (χ1v) is 11.4. The molecule has 8 nitrogen and oxygen atoms in total. The first-order chi connectivity index (χ1) is 15.5. The fourth-order valence-corrected chi connectivity index (χ4v) is 4.39. The van der Waals surface area contributed by atoms with E-state index in [0.717, 1.165) is 22.2 Å². The zero-order chi connectivity index (χ0) is 22.5. The predicted molar refractivity (Wildman–Crippen MR) is 118 cm³/mol. The molecule has 1 fully saturated rings. The van der Waals surface area contributed by atoms with Crippen LogP contribution in [0.1, 0.15) is 17.9 Å². The summed E-state index contributed by atoms with van der Waals surface area (Å²) >= 11 is 2.26. The smallest absolute Gasteiger partial charge is 0.293 e. The van der Waals surface area contributed by atoms with Gasteiger partial charge in [-0.1, -0.05) is 18.2 Å². The van der Waals surface area contributed by atoms with Crippen molar-refractivity contribution in [3.63, 3.8) is 0 Å². The second-order valence-electron chi connectivity index (χ2n) is 6.72. The molecule has 1 aromatic carbocycles. The van der Waals surface area contributed by atoms with E-state index in [9.17, 15) is 18.8 Å². The predicted octanol–water partition coefficient (Wildman–Crippen LogP) is 3.72. The van der Waals surface area contributed by atoms with Crippen LogP contribution >= 0.6 is 23.1 Å². The van der Waals surface area contributed by atoms with Gasteiger partial charge < -0.3 is 9.73 Å². The van der Waals surface area contributed by atoms with E-state index in [4.69, 9.17) is 4.42 Å². The third-order valence-corrected chi connectivity index (χ3v) is 6.11. The summed E-state index contributed by atoms with van der Waals surface area (Å²) in [7, 11) is 0. The molecule has 3 heterocycles. The molecule has 3 aromatic rings. The average Bonchev–Trinajstić information content (AvgIpc) is 3.51. The summed E-state index contributed by atoms with van der Waals surface area (Å²) in [5.41, 5.74) is 1.06. The van der Waals surface area contributed by atoms with Crippen molar-refractivity contribution in [1.82, 2.24) is 20.4 Å². The zero-order valence-electron chi connectivity index (χ0n) is 16.6. The van der Waals surface area contributed by atoms with Gasteiger partial charge in [0.05, 0.1) is 4.91 Å². The van der Waals surface area contributed by atoms with Gasteiger partial charge in [0, 0.05) is 42.4 Å². The van der Waals surface area contributed by atoms with Crippen molar-refractivity contribution in [2.24, 2.45) is 0 Å². The molecule has 0 aliphatic carbocycles. The van der Waals surface area contributed by atoms with E-state index in [2.05, 4.69) is 15.5 Å². The Morgan fingerprint density at radius 3 is 2.84 bits per heavy atom. The Bertz CT molecular complexity index is 1180. The summed E-state index contributed by atoms with van der Waals surface area (Å²) in [6.45, 7) is 0.127. The minimum absolute atomic E-state index is 0.0217. The number of thioether (sulfide) groups is 1. The lowest BCUT2D eigenvalue weighted by Crippen LogP contribution is -2.37. The maximum absolute atomic E-state index is 13.8. The number of aryl methyl sites for hydroxylation is 1. The minimum atomic E-state index is -0.510. The van der Waals surface area contributed by atoms with E-state index >= 15 is 0 Å². The lowest BCUT2D eigenvalue weighted by Gasteiger charge is -2.12. The Morgan fingerprint density at radius 2 is 2.06 bits per heavy atom. The van der Waals surface area contributed by atoms with Gasteiger partial charge in [0.1, 0.15) is 5.82 Å². The molecule has 0 unspecified atom stereocenters. The van der Waals surface area contributed by atoms with Crippen molar-refractivity contribution in [2.75, 3.05) is 13.1 Å². The van der Waals surface area contributed by atoms with Gasteiger partial charge >= 0.3 is 0 Å². The fraction of sp³-hybridized carbons (Fsp3) is 0.190. The molecular formula is C21H17FN4O4S2. The molecule has 1 saturated heterocycles. The highest BCUT2D eigenvalue weighted by Gasteiger charge is 2.34. The van der Waals surface area contributed by atoms with Crippen LogP contribution in [0.3, 0.4) is 0 Å². The maximum atomic E-state index is 13.8. The number of nitrogens with one attached hydrogen (secondary N) is 1. The number of hydrogen-bond donors (Lipinski definition) is 1. The summed E-state index contributed by atoms with van der Waals surface area (Å²) in [4.78, 5) is 37.9. The molecule has 11 heteroatoms. The number of hydrogen-bond acceptors (Lipinski definition) is 8. The molecular weight excluding hydrogens is 455 g/mol. The molecule has 0 spiro atoms. The van der Waals surface area contributed by atoms with Crippen LogP contribution in [0.15, 0.2) is 50.4 Å². The van der Waals surface area contributed by atoms with Gasteiger partial charge in [-0.2, -0.15) is 11.3 Å². The number of benzene rings is 1. The first kappa shape index (κ1) is 21.9. The highest BCUT2D eigenvalue weighted by molar-refractivity contribution is 8.18. The Kier molecular flexibility index (Phi) is 6.76. The van der Waals surface area contributed by atoms with E-state index < -0.39 is 17.0 Å². The zero-order valence-corrected chi connectivity index (χ0v) is 18.2. The van der Waals surface area contributed by atoms with E-state index in [-0.39, 0.29) is 42.3 Å². The number of aromatic nitrogens is 2. The summed E-state index contributed by atoms with van der Waals surface area (Å²) in [6, 6.07) is 7.86. The lowest BCUT2D eigenvalue weighted by molar-refractivity contribution is -0.124. The molecule has 0 saturated carbocycles. The van der Waals surface area contributed by atoms with Crippen LogP contribution in [-0.2, 0) is 16.0 Å². The van der Waals surface area contributed by atoms with Crippen molar-refractivity contribution in [3.8, 4) is 11.5 Å². The molecule has 32 heavy (non-hydrogen) atoms. The lowest BCUT2D eigenvalue weighted by atomic mass is 10.2. The fourth-order valence-electron chi connectivity index (χ4n) is 2.90. The Morgan fingerprint density at radius 1 is 1.22 bits per heavy atom. The molecule has 4 rings (SSSR count). The third kappa shape index (κ3) is 5.11. The second-order valence-corrected chi connectivity index (χ2v) is 8.49. The van der Waals surface area contributed by atoms with Crippen molar-refractivity contribution in [1.29, 1.82) is 0 Å². The van der Waals surface area contributed by atoms with Gasteiger partial charge in [-0.05, 0) is 35.4 Å².